The van der Waals surface area contributed by atoms with E-state index in [0.29, 0.717) is 48.4 Å². The smallest absolute Gasteiger partial charge is 0.287 e. The Hall–Kier alpha value is -2.52. The molecule has 1 aromatic carbocycles. The molecule has 29 heavy (non-hydrogen) atoms. The zero-order valence-electron chi connectivity index (χ0n) is 16.9. The second kappa shape index (κ2) is 8.46. The maximum Gasteiger partial charge on any atom is 0.287 e. The van der Waals surface area contributed by atoms with Crippen molar-refractivity contribution in [3.8, 4) is 0 Å². The highest BCUT2D eigenvalue weighted by molar-refractivity contribution is 7.89. The molecule has 9 heteroatoms. The third-order valence-corrected chi connectivity index (χ3v) is 7.40. The van der Waals surface area contributed by atoms with Crippen molar-refractivity contribution in [1.82, 2.24) is 9.29 Å². The predicted octanol–water partition coefficient (Wildman–Crippen LogP) is 3.32. The molecule has 0 radical (unpaired) electrons. The summed E-state index contributed by atoms with van der Waals surface area (Å²) in [4.78, 5) is 16.9. The van der Waals surface area contributed by atoms with Crippen molar-refractivity contribution < 1.29 is 13.3 Å². The molecule has 2 aromatic rings. The highest BCUT2D eigenvalue weighted by Crippen LogP contribution is 2.26. The van der Waals surface area contributed by atoms with Crippen LogP contribution in [0.4, 0.5) is 11.5 Å². The van der Waals surface area contributed by atoms with Crippen LogP contribution in [-0.2, 0) is 10.0 Å². The minimum atomic E-state index is -3.55. The second-order valence-electron chi connectivity index (χ2n) is 7.36. The Morgan fingerprint density at radius 1 is 1.17 bits per heavy atom. The molecule has 156 valence electrons. The van der Waals surface area contributed by atoms with Crippen LogP contribution in [0.25, 0.3) is 0 Å². The lowest BCUT2D eigenvalue weighted by molar-refractivity contribution is -0.385. The topological polar surface area (TPSA) is 96.7 Å². The average Bonchev–Trinajstić information content (AvgIpc) is 2.73. The monoisotopic (exact) mass is 418 g/mol. The first kappa shape index (κ1) is 21.2. The molecule has 1 atom stereocenters. The van der Waals surface area contributed by atoms with Gasteiger partial charge in [-0.15, -0.1) is 0 Å². The van der Waals surface area contributed by atoms with Crippen molar-refractivity contribution in [3.05, 3.63) is 57.8 Å². The van der Waals surface area contributed by atoms with Gasteiger partial charge in [-0.3, -0.25) is 10.1 Å². The van der Waals surface area contributed by atoms with E-state index in [4.69, 9.17) is 0 Å². The molecule has 1 saturated heterocycles. The van der Waals surface area contributed by atoms with Gasteiger partial charge in [-0.1, -0.05) is 26.0 Å². The Morgan fingerprint density at radius 2 is 1.79 bits per heavy atom. The normalized spacial score (nSPS) is 16.6. The lowest BCUT2D eigenvalue weighted by Gasteiger charge is -2.35. The summed E-state index contributed by atoms with van der Waals surface area (Å²) < 4.78 is 27.5. The van der Waals surface area contributed by atoms with Crippen LogP contribution in [0, 0.1) is 17.0 Å². The number of benzene rings is 1. The van der Waals surface area contributed by atoms with Crippen LogP contribution < -0.4 is 4.90 Å². The largest absolute Gasteiger partial charge is 0.354 e. The van der Waals surface area contributed by atoms with Gasteiger partial charge in [0.15, 0.2) is 0 Å². The van der Waals surface area contributed by atoms with E-state index in [2.05, 4.69) is 18.8 Å². The summed E-state index contributed by atoms with van der Waals surface area (Å²) in [5.74, 6) is 1.05. The summed E-state index contributed by atoms with van der Waals surface area (Å²) in [7, 11) is -3.55. The third kappa shape index (κ3) is 4.40. The van der Waals surface area contributed by atoms with Gasteiger partial charge < -0.3 is 4.90 Å². The Kier molecular flexibility index (Phi) is 6.18. The number of pyridine rings is 1. The molecule has 1 aliphatic heterocycles. The summed E-state index contributed by atoms with van der Waals surface area (Å²) in [5.41, 5.74) is 1.79. The van der Waals surface area contributed by atoms with Crippen molar-refractivity contribution in [1.29, 1.82) is 0 Å². The maximum atomic E-state index is 13.0. The van der Waals surface area contributed by atoms with Gasteiger partial charge in [0.05, 0.1) is 9.82 Å². The quantitative estimate of drug-likeness (QED) is 0.527. The fourth-order valence-corrected chi connectivity index (χ4v) is 4.90. The van der Waals surface area contributed by atoms with E-state index < -0.39 is 14.9 Å². The minimum Gasteiger partial charge on any atom is -0.354 e. The SMILES string of the molecule is CCC(C)c1ccc(S(=O)(=O)N2CCN(c3ncc([N+](=O)[O-])cc3C)CC2)cc1. The Bertz CT molecular complexity index is 984. The van der Waals surface area contributed by atoms with Gasteiger partial charge in [0, 0.05) is 32.2 Å². The molecule has 0 N–H and O–H groups in total. The van der Waals surface area contributed by atoms with Gasteiger partial charge >= 0.3 is 0 Å². The highest BCUT2D eigenvalue weighted by Gasteiger charge is 2.29. The Labute approximate surface area is 171 Å². The van der Waals surface area contributed by atoms with Gasteiger partial charge in [0.25, 0.3) is 5.69 Å². The van der Waals surface area contributed by atoms with E-state index in [1.54, 1.807) is 19.1 Å². The molecular weight excluding hydrogens is 392 g/mol. The number of hydrogen-bond acceptors (Lipinski definition) is 6. The molecule has 8 nitrogen and oxygen atoms in total. The van der Waals surface area contributed by atoms with Crippen LogP contribution in [0.3, 0.4) is 0 Å². The van der Waals surface area contributed by atoms with E-state index >= 15 is 0 Å². The molecule has 0 spiro atoms. The van der Waals surface area contributed by atoms with Gasteiger partial charge in [-0.2, -0.15) is 4.31 Å². The summed E-state index contributed by atoms with van der Waals surface area (Å²) >= 11 is 0. The zero-order valence-corrected chi connectivity index (χ0v) is 17.7. The molecule has 0 aliphatic carbocycles. The summed E-state index contributed by atoms with van der Waals surface area (Å²) in [6.45, 7) is 7.65. The van der Waals surface area contributed by atoms with Gasteiger partial charge in [-0.05, 0) is 42.5 Å². The lowest BCUT2D eigenvalue weighted by atomic mass is 9.99. The first-order valence-corrected chi connectivity index (χ1v) is 11.1. The molecule has 2 heterocycles. The molecule has 0 saturated carbocycles. The first-order valence-electron chi connectivity index (χ1n) is 9.70. The molecule has 1 aliphatic rings. The van der Waals surface area contributed by atoms with Crippen LogP contribution in [0.1, 0.15) is 37.3 Å². The molecule has 1 fully saturated rings. The van der Waals surface area contributed by atoms with Crippen molar-refractivity contribution in [2.75, 3.05) is 31.1 Å². The molecule has 1 unspecified atom stereocenters. The second-order valence-corrected chi connectivity index (χ2v) is 9.30. The number of nitrogens with zero attached hydrogens (tertiary/aromatic N) is 4. The lowest BCUT2D eigenvalue weighted by Crippen LogP contribution is -2.49. The third-order valence-electron chi connectivity index (χ3n) is 5.48. The zero-order chi connectivity index (χ0) is 21.2. The molecule has 1 aromatic heterocycles. The number of aromatic nitrogens is 1. The number of nitro groups is 1. The Balaban J connectivity index is 1.70. The van der Waals surface area contributed by atoms with Crippen LogP contribution in [0.2, 0.25) is 0 Å². The molecule has 0 amide bonds. The number of anilines is 1. The Morgan fingerprint density at radius 3 is 2.31 bits per heavy atom. The van der Waals surface area contributed by atoms with Crippen molar-refractivity contribution >= 4 is 21.5 Å². The molecule has 0 bridgehead atoms. The van der Waals surface area contributed by atoms with E-state index in [9.17, 15) is 18.5 Å². The van der Waals surface area contributed by atoms with Gasteiger partial charge in [-0.25, -0.2) is 13.4 Å². The predicted molar refractivity (Wildman–Crippen MR) is 112 cm³/mol. The standard InChI is InChI=1S/C20H26N4O4S/c1-4-15(2)17-5-7-19(8-6-17)29(27,28)23-11-9-22(10-12-23)20-16(3)13-18(14-21-20)24(25)26/h5-8,13-15H,4,9-12H2,1-3H3. The van der Waals surface area contributed by atoms with Gasteiger partial charge in [0.2, 0.25) is 10.0 Å². The van der Waals surface area contributed by atoms with Gasteiger partial charge in [0.1, 0.15) is 12.0 Å². The van der Waals surface area contributed by atoms with Crippen LogP contribution in [-0.4, -0.2) is 48.8 Å². The fraction of sp³-hybridized carbons (Fsp3) is 0.450. The number of sulfonamides is 1. The van der Waals surface area contributed by atoms with E-state index in [1.807, 2.05) is 17.0 Å². The molecular formula is C20H26N4O4S. The summed E-state index contributed by atoms with van der Waals surface area (Å²) in [6, 6.07) is 8.64. The fourth-order valence-electron chi connectivity index (χ4n) is 3.48. The number of rotatable bonds is 6. The summed E-state index contributed by atoms with van der Waals surface area (Å²) in [5, 5.41) is 10.9. The minimum absolute atomic E-state index is 0.0479. The van der Waals surface area contributed by atoms with Crippen molar-refractivity contribution in [2.24, 2.45) is 0 Å². The maximum absolute atomic E-state index is 13.0. The number of aryl methyl sites for hydroxylation is 1. The van der Waals surface area contributed by atoms with Crippen molar-refractivity contribution in [2.45, 2.75) is 38.0 Å². The molecule has 3 rings (SSSR count). The van der Waals surface area contributed by atoms with E-state index in [0.717, 1.165) is 12.0 Å². The average molecular weight is 419 g/mol. The number of hydrogen-bond donors (Lipinski definition) is 0. The first-order chi connectivity index (χ1) is 13.7. The van der Waals surface area contributed by atoms with Crippen LogP contribution >= 0.6 is 0 Å². The van der Waals surface area contributed by atoms with Crippen LogP contribution in [0.5, 0.6) is 0 Å². The van der Waals surface area contributed by atoms with Crippen molar-refractivity contribution in [3.63, 3.8) is 0 Å². The van der Waals surface area contributed by atoms with E-state index in [-0.39, 0.29) is 5.69 Å². The highest BCUT2D eigenvalue weighted by atomic mass is 32.2. The van der Waals surface area contributed by atoms with Crippen LogP contribution in [0.15, 0.2) is 41.4 Å². The summed E-state index contributed by atoms with van der Waals surface area (Å²) in [6.07, 6.45) is 2.24. The van der Waals surface area contributed by atoms with E-state index in [1.165, 1.54) is 16.6 Å². The number of piperazine rings is 1.